The Morgan fingerprint density at radius 3 is 2.68 bits per heavy atom. The Morgan fingerprint density at radius 1 is 1.42 bits per heavy atom. The number of hydrogen-bond donors (Lipinski definition) is 1. The third kappa shape index (κ3) is 2.73. The molecular weight excluding hydrogens is 268 g/mol. The van der Waals surface area contributed by atoms with Gasteiger partial charge in [0, 0.05) is 25.4 Å². The summed E-state index contributed by atoms with van der Waals surface area (Å²) in [6.45, 7) is 2.18. The van der Waals surface area contributed by atoms with Crippen LogP contribution in [0.4, 0.5) is 0 Å². The second kappa shape index (κ2) is 5.35. The van der Waals surface area contributed by atoms with Gasteiger partial charge >= 0.3 is 0 Å². The van der Waals surface area contributed by atoms with Crippen LogP contribution in [-0.4, -0.2) is 58.2 Å². The van der Waals surface area contributed by atoms with Gasteiger partial charge in [-0.25, -0.2) is 4.98 Å². The summed E-state index contributed by atoms with van der Waals surface area (Å²) in [5.41, 5.74) is 7.22. The van der Waals surface area contributed by atoms with Crippen LogP contribution in [-0.2, 0) is 9.59 Å². The second-order valence-corrected chi connectivity index (χ2v) is 4.97. The van der Waals surface area contributed by atoms with Crippen molar-refractivity contribution in [2.24, 2.45) is 5.73 Å². The monoisotopic (exact) mass is 282 g/mol. The summed E-state index contributed by atoms with van der Waals surface area (Å²) in [6, 6.07) is -0.770. The first-order valence-corrected chi connectivity index (χ1v) is 6.69. The highest BCUT2D eigenvalue weighted by atomic mass is 32.1. The molecule has 3 amide bonds. The molecule has 102 valence electrons. The van der Waals surface area contributed by atoms with E-state index in [0.29, 0.717) is 18.8 Å². The Bertz CT molecular complexity index is 502. The molecule has 1 aliphatic rings. The molecule has 1 aliphatic heterocycles. The lowest BCUT2D eigenvalue weighted by Crippen LogP contribution is -2.60. The molecule has 0 spiro atoms. The molecule has 0 aromatic carbocycles. The van der Waals surface area contributed by atoms with E-state index in [1.165, 1.54) is 28.1 Å². The van der Waals surface area contributed by atoms with Crippen molar-refractivity contribution in [3.63, 3.8) is 0 Å². The maximum absolute atomic E-state index is 12.1. The van der Waals surface area contributed by atoms with Gasteiger partial charge in [0.25, 0.3) is 5.91 Å². The third-order valence-corrected chi connectivity index (χ3v) is 3.64. The summed E-state index contributed by atoms with van der Waals surface area (Å²) in [4.78, 5) is 41.8. The van der Waals surface area contributed by atoms with Crippen molar-refractivity contribution in [2.75, 3.05) is 19.6 Å². The van der Waals surface area contributed by atoms with Crippen molar-refractivity contribution in [1.29, 1.82) is 0 Å². The number of hydrogen-bond acceptors (Lipinski definition) is 5. The zero-order valence-corrected chi connectivity index (χ0v) is 11.2. The van der Waals surface area contributed by atoms with Crippen LogP contribution >= 0.6 is 11.3 Å². The van der Waals surface area contributed by atoms with E-state index in [4.69, 9.17) is 5.73 Å². The van der Waals surface area contributed by atoms with Crippen molar-refractivity contribution in [3.05, 3.63) is 16.6 Å². The quantitative estimate of drug-likeness (QED) is 0.775. The standard InChI is InChI=1S/C11H14N4O3S/c1-7(16)15-3-2-14(4-9(15)10(12)17)11(18)8-5-19-6-13-8/h5-6,9H,2-4H2,1H3,(H2,12,17). The van der Waals surface area contributed by atoms with Crippen LogP contribution in [0.15, 0.2) is 10.9 Å². The van der Waals surface area contributed by atoms with Crippen LogP contribution in [0.25, 0.3) is 0 Å². The molecule has 1 atom stereocenters. The molecule has 1 aromatic heterocycles. The molecule has 19 heavy (non-hydrogen) atoms. The van der Waals surface area contributed by atoms with Crippen molar-refractivity contribution >= 4 is 29.1 Å². The molecule has 1 fully saturated rings. The van der Waals surface area contributed by atoms with E-state index in [1.54, 1.807) is 10.9 Å². The minimum atomic E-state index is -0.770. The van der Waals surface area contributed by atoms with E-state index in [2.05, 4.69) is 4.98 Å². The van der Waals surface area contributed by atoms with Crippen LogP contribution < -0.4 is 5.73 Å². The lowest BCUT2D eigenvalue weighted by Gasteiger charge is -2.39. The van der Waals surface area contributed by atoms with Gasteiger partial charge in [-0.15, -0.1) is 11.3 Å². The summed E-state index contributed by atoms with van der Waals surface area (Å²) < 4.78 is 0. The topological polar surface area (TPSA) is 96.6 Å². The van der Waals surface area contributed by atoms with Crippen molar-refractivity contribution < 1.29 is 14.4 Å². The van der Waals surface area contributed by atoms with Crippen LogP contribution in [0, 0.1) is 0 Å². The van der Waals surface area contributed by atoms with Crippen molar-refractivity contribution in [3.8, 4) is 0 Å². The summed E-state index contributed by atoms with van der Waals surface area (Å²) in [6.07, 6.45) is 0. The maximum Gasteiger partial charge on any atom is 0.273 e. The average molecular weight is 282 g/mol. The van der Waals surface area contributed by atoms with Crippen molar-refractivity contribution in [1.82, 2.24) is 14.8 Å². The Morgan fingerprint density at radius 2 is 2.16 bits per heavy atom. The van der Waals surface area contributed by atoms with E-state index in [9.17, 15) is 14.4 Å². The number of nitrogens with two attached hydrogens (primary N) is 1. The molecule has 2 rings (SSSR count). The van der Waals surface area contributed by atoms with E-state index in [-0.39, 0.29) is 18.4 Å². The number of carbonyl (C=O) groups is 3. The molecule has 1 aromatic rings. The van der Waals surface area contributed by atoms with Crippen molar-refractivity contribution in [2.45, 2.75) is 13.0 Å². The molecule has 8 heteroatoms. The minimum absolute atomic E-state index is 0.116. The largest absolute Gasteiger partial charge is 0.368 e. The van der Waals surface area contributed by atoms with Gasteiger partial charge in [0.1, 0.15) is 11.7 Å². The lowest BCUT2D eigenvalue weighted by molar-refractivity contribution is -0.140. The van der Waals surface area contributed by atoms with Crippen LogP contribution in [0.1, 0.15) is 17.4 Å². The van der Waals surface area contributed by atoms with E-state index in [1.807, 2.05) is 0 Å². The molecule has 1 saturated heterocycles. The number of rotatable bonds is 2. The summed E-state index contributed by atoms with van der Waals surface area (Å²) in [5, 5.41) is 1.65. The molecular formula is C11H14N4O3S. The summed E-state index contributed by atoms with van der Waals surface area (Å²) >= 11 is 1.33. The van der Waals surface area contributed by atoms with Crippen LogP contribution in [0.3, 0.4) is 0 Å². The van der Waals surface area contributed by atoms with Gasteiger partial charge in [0.15, 0.2) is 0 Å². The van der Waals surface area contributed by atoms with Gasteiger partial charge in [0.05, 0.1) is 12.1 Å². The Labute approximate surface area is 114 Å². The average Bonchev–Trinajstić information content (AvgIpc) is 2.90. The minimum Gasteiger partial charge on any atom is -0.368 e. The molecule has 0 bridgehead atoms. The highest BCUT2D eigenvalue weighted by Gasteiger charge is 2.35. The normalized spacial score (nSPS) is 19.3. The number of aromatic nitrogens is 1. The number of thiazole rings is 1. The molecule has 0 radical (unpaired) electrons. The first-order chi connectivity index (χ1) is 9.00. The fraction of sp³-hybridized carbons (Fsp3) is 0.455. The Hall–Kier alpha value is -1.96. The third-order valence-electron chi connectivity index (χ3n) is 3.05. The SMILES string of the molecule is CC(=O)N1CCN(C(=O)c2cscn2)CC1C(N)=O. The fourth-order valence-electron chi connectivity index (χ4n) is 2.07. The predicted molar refractivity (Wildman–Crippen MR) is 68.4 cm³/mol. The lowest BCUT2D eigenvalue weighted by atomic mass is 10.1. The zero-order valence-electron chi connectivity index (χ0n) is 10.4. The number of primary amides is 1. The van der Waals surface area contributed by atoms with E-state index >= 15 is 0 Å². The van der Waals surface area contributed by atoms with Gasteiger partial charge in [-0.2, -0.15) is 0 Å². The molecule has 2 heterocycles. The van der Waals surface area contributed by atoms with Gasteiger partial charge in [0.2, 0.25) is 11.8 Å². The van der Waals surface area contributed by atoms with Crippen LogP contribution in [0.5, 0.6) is 0 Å². The first-order valence-electron chi connectivity index (χ1n) is 5.74. The first kappa shape index (κ1) is 13.5. The van der Waals surface area contributed by atoms with Gasteiger partial charge in [-0.3, -0.25) is 14.4 Å². The Balaban J connectivity index is 2.13. The molecule has 1 unspecified atom stereocenters. The number of amides is 3. The second-order valence-electron chi connectivity index (χ2n) is 4.26. The van der Waals surface area contributed by atoms with Gasteiger partial charge in [-0.05, 0) is 0 Å². The van der Waals surface area contributed by atoms with Gasteiger partial charge < -0.3 is 15.5 Å². The number of nitrogens with zero attached hydrogens (tertiary/aromatic N) is 3. The zero-order chi connectivity index (χ0) is 14.0. The van der Waals surface area contributed by atoms with E-state index in [0.717, 1.165) is 0 Å². The smallest absolute Gasteiger partial charge is 0.273 e. The molecule has 0 saturated carbocycles. The molecule has 7 nitrogen and oxygen atoms in total. The fourth-order valence-corrected chi connectivity index (χ4v) is 2.59. The molecule has 2 N–H and O–H groups in total. The number of carbonyl (C=O) groups excluding carboxylic acids is 3. The van der Waals surface area contributed by atoms with Crippen LogP contribution in [0.2, 0.25) is 0 Å². The highest BCUT2D eigenvalue weighted by Crippen LogP contribution is 2.13. The maximum atomic E-state index is 12.1. The highest BCUT2D eigenvalue weighted by molar-refractivity contribution is 7.07. The van der Waals surface area contributed by atoms with E-state index < -0.39 is 11.9 Å². The van der Waals surface area contributed by atoms with Gasteiger partial charge in [-0.1, -0.05) is 0 Å². The predicted octanol–water partition coefficient (Wildman–Crippen LogP) is -0.699. The summed E-state index contributed by atoms with van der Waals surface area (Å²) in [5.74, 6) is -1.06. The molecule has 0 aliphatic carbocycles. The summed E-state index contributed by atoms with van der Waals surface area (Å²) in [7, 11) is 0. The number of piperazine rings is 1. The Kier molecular flexibility index (Phi) is 3.79.